The average Bonchev–Trinajstić information content (AvgIpc) is 3.07. The van der Waals surface area contributed by atoms with Crippen LogP contribution in [0.3, 0.4) is 0 Å². The fourth-order valence-corrected chi connectivity index (χ4v) is 5.28. The van der Waals surface area contributed by atoms with E-state index in [1.54, 1.807) is 0 Å². The Labute approximate surface area is 221 Å². The molecule has 1 aromatic heterocycles. The summed E-state index contributed by atoms with van der Waals surface area (Å²) in [5.74, 6) is -1.71. The van der Waals surface area contributed by atoms with Gasteiger partial charge in [-0.3, -0.25) is 9.59 Å². The number of aromatic hydroxyl groups is 1. The third-order valence-corrected chi connectivity index (χ3v) is 7.15. The molecule has 0 spiro atoms. The van der Waals surface area contributed by atoms with Crippen LogP contribution in [-0.4, -0.2) is 32.4 Å². The number of aryl methyl sites for hydroxylation is 2. The zero-order valence-electron chi connectivity index (χ0n) is 19.8. The first-order chi connectivity index (χ1) is 17.1. The van der Waals surface area contributed by atoms with Gasteiger partial charge in [-0.15, -0.1) is 0 Å². The predicted molar refractivity (Wildman–Crippen MR) is 147 cm³/mol. The number of nitrogens with zero attached hydrogens (tertiary/aromatic N) is 1. The molecule has 3 N–H and O–H groups in total. The highest BCUT2D eigenvalue weighted by Gasteiger charge is 2.20. The third-order valence-electron chi connectivity index (χ3n) is 6.05. The summed E-state index contributed by atoms with van der Waals surface area (Å²) in [6.07, 6.45) is 0.462. The zero-order valence-corrected chi connectivity index (χ0v) is 22.0. The van der Waals surface area contributed by atoms with Gasteiger partial charge in [0.2, 0.25) is 5.91 Å². The zero-order chi connectivity index (χ0) is 26.0. The summed E-state index contributed by atoms with van der Waals surface area (Å²) in [5.41, 5.74) is 4.93. The molecule has 0 fully saturated rings. The standard InChI is InChI=1S/C28H25IN2O5/c1-16-6-8-19(9-7-16)30-25(34)11-10-20(32)13-17-4-3-5-18(12-17)27-26(29)21-14-22(28(35)36)24(33)15-23(21)31(27)2/h3-9,12,14-15,33H,10-11,13H2,1-2H3,(H,30,34)(H,35,36). The molecule has 0 atom stereocenters. The molecule has 36 heavy (non-hydrogen) atoms. The third kappa shape index (κ3) is 5.43. The smallest absolute Gasteiger partial charge is 0.339 e. The molecule has 7 nitrogen and oxygen atoms in total. The number of phenols is 1. The van der Waals surface area contributed by atoms with Crippen molar-refractivity contribution < 1.29 is 24.6 Å². The number of amides is 1. The van der Waals surface area contributed by atoms with E-state index in [4.69, 9.17) is 0 Å². The van der Waals surface area contributed by atoms with Crippen molar-refractivity contribution in [3.05, 3.63) is 80.9 Å². The first kappa shape index (κ1) is 25.4. The van der Waals surface area contributed by atoms with Gasteiger partial charge >= 0.3 is 5.97 Å². The van der Waals surface area contributed by atoms with E-state index >= 15 is 0 Å². The van der Waals surface area contributed by atoms with Crippen molar-refractivity contribution in [3.63, 3.8) is 0 Å². The normalized spacial score (nSPS) is 11.0. The monoisotopic (exact) mass is 596 g/mol. The number of anilines is 1. The van der Waals surface area contributed by atoms with Crippen LogP contribution in [0, 0.1) is 10.5 Å². The second-order valence-corrected chi connectivity index (χ2v) is 9.82. The van der Waals surface area contributed by atoms with E-state index < -0.39 is 5.97 Å². The van der Waals surface area contributed by atoms with Gasteiger partial charge in [0.15, 0.2) is 0 Å². The summed E-state index contributed by atoms with van der Waals surface area (Å²) < 4.78 is 2.75. The summed E-state index contributed by atoms with van der Waals surface area (Å²) in [6.45, 7) is 1.97. The number of carboxylic acid groups (broad SMARTS) is 1. The molecular weight excluding hydrogens is 571 g/mol. The number of halogens is 1. The summed E-state index contributed by atoms with van der Waals surface area (Å²) in [5, 5.41) is 23.0. The molecule has 184 valence electrons. The van der Waals surface area contributed by atoms with Crippen molar-refractivity contribution in [3.8, 4) is 17.0 Å². The number of hydrogen-bond acceptors (Lipinski definition) is 4. The highest BCUT2D eigenvalue weighted by Crippen LogP contribution is 2.37. The minimum atomic E-state index is -1.19. The molecule has 0 aliphatic carbocycles. The van der Waals surface area contributed by atoms with Crippen LogP contribution in [0.15, 0.2) is 60.7 Å². The number of ketones is 1. The predicted octanol–water partition coefficient (Wildman–Crippen LogP) is 5.69. The Bertz CT molecular complexity index is 1490. The number of aromatic nitrogens is 1. The van der Waals surface area contributed by atoms with Crippen LogP contribution in [0.25, 0.3) is 22.2 Å². The minimum Gasteiger partial charge on any atom is -0.507 e. The molecule has 1 amide bonds. The van der Waals surface area contributed by atoms with Crippen molar-refractivity contribution in [1.29, 1.82) is 0 Å². The van der Waals surface area contributed by atoms with E-state index in [0.717, 1.165) is 31.3 Å². The number of hydrogen-bond donors (Lipinski definition) is 3. The minimum absolute atomic E-state index is 0.0334. The Morgan fingerprint density at radius 3 is 2.42 bits per heavy atom. The Morgan fingerprint density at radius 1 is 1.00 bits per heavy atom. The molecule has 0 bridgehead atoms. The van der Waals surface area contributed by atoms with Crippen LogP contribution in [0.1, 0.15) is 34.3 Å². The number of carbonyl (C=O) groups is 3. The summed E-state index contributed by atoms with van der Waals surface area (Å²) in [7, 11) is 1.85. The lowest BCUT2D eigenvalue weighted by atomic mass is 10.0. The lowest BCUT2D eigenvalue weighted by Crippen LogP contribution is -2.14. The molecule has 1 heterocycles. The summed E-state index contributed by atoms with van der Waals surface area (Å²) >= 11 is 2.18. The quantitative estimate of drug-likeness (QED) is 0.227. The molecule has 4 rings (SSSR count). The van der Waals surface area contributed by atoms with Gasteiger partial charge in [-0.25, -0.2) is 4.79 Å². The summed E-state index contributed by atoms with van der Waals surface area (Å²) in [6, 6.07) is 18.0. The number of rotatable bonds is 8. The number of fused-ring (bicyclic) bond motifs is 1. The Morgan fingerprint density at radius 2 is 1.72 bits per heavy atom. The van der Waals surface area contributed by atoms with E-state index in [2.05, 4.69) is 27.9 Å². The second kappa shape index (κ2) is 10.5. The number of benzene rings is 3. The van der Waals surface area contributed by atoms with Crippen molar-refractivity contribution in [2.75, 3.05) is 5.32 Å². The largest absolute Gasteiger partial charge is 0.507 e. The van der Waals surface area contributed by atoms with Gasteiger partial charge in [0.25, 0.3) is 0 Å². The maximum atomic E-state index is 12.6. The molecule has 3 aromatic carbocycles. The molecule has 0 unspecified atom stereocenters. The van der Waals surface area contributed by atoms with Crippen molar-refractivity contribution in [2.24, 2.45) is 7.05 Å². The van der Waals surface area contributed by atoms with Gasteiger partial charge in [-0.2, -0.15) is 0 Å². The lowest BCUT2D eigenvalue weighted by Gasteiger charge is -2.09. The van der Waals surface area contributed by atoms with E-state index in [-0.39, 0.29) is 42.3 Å². The number of Topliss-reactive ketones (excluding diaryl/α,β-unsaturated/α-hetero) is 1. The van der Waals surface area contributed by atoms with Crippen LogP contribution < -0.4 is 5.32 Å². The maximum Gasteiger partial charge on any atom is 0.339 e. The van der Waals surface area contributed by atoms with Crippen molar-refractivity contribution in [1.82, 2.24) is 4.57 Å². The Hall–Kier alpha value is -3.66. The Kier molecular flexibility index (Phi) is 7.44. The van der Waals surface area contributed by atoms with E-state index in [0.29, 0.717) is 11.2 Å². The van der Waals surface area contributed by atoms with Gasteiger partial charge in [-0.1, -0.05) is 35.9 Å². The SMILES string of the molecule is Cc1ccc(NC(=O)CCC(=O)Cc2cccc(-c3c(I)c4cc(C(=O)O)c(O)cc4n3C)c2)cc1. The summed E-state index contributed by atoms with van der Waals surface area (Å²) in [4.78, 5) is 36.3. The van der Waals surface area contributed by atoms with E-state index in [9.17, 15) is 24.6 Å². The molecule has 0 aliphatic rings. The van der Waals surface area contributed by atoms with Crippen LogP contribution in [-0.2, 0) is 23.1 Å². The van der Waals surface area contributed by atoms with E-state index in [1.807, 2.05) is 67.1 Å². The first-order valence-electron chi connectivity index (χ1n) is 11.4. The average molecular weight is 596 g/mol. The molecule has 8 heteroatoms. The van der Waals surface area contributed by atoms with Crippen LogP contribution >= 0.6 is 22.6 Å². The molecule has 4 aromatic rings. The number of aromatic carboxylic acids is 1. The van der Waals surface area contributed by atoms with Gasteiger partial charge in [0.1, 0.15) is 17.1 Å². The van der Waals surface area contributed by atoms with Crippen molar-refractivity contribution in [2.45, 2.75) is 26.2 Å². The maximum absolute atomic E-state index is 12.6. The number of carbonyl (C=O) groups excluding carboxylic acids is 2. The van der Waals surface area contributed by atoms with Gasteiger partial charge < -0.3 is 20.1 Å². The lowest BCUT2D eigenvalue weighted by molar-refractivity contribution is -0.122. The molecule has 0 radical (unpaired) electrons. The Balaban J connectivity index is 1.48. The molecule has 0 saturated carbocycles. The van der Waals surface area contributed by atoms with Gasteiger partial charge in [-0.05, 0) is 64.9 Å². The highest BCUT2D eigenvalue weighted by atomic mass is 127. The number of nitrogens with one attached hydrogen (secondary N) is 1. The van der Waals surface area contributed by atoms with Crippen LogP contribution in [0.4, 0.5) is 5.69 Å². The van der Waals surface area contributed by atoms with Crippen LogP contribution in [0.5, 0.6) is 5.75 Å². The van der Waals surface area contributed by atoms with Crippen molar-refractivity contribution >= 4 is 56.8 Å². The fourth-order valence-electron chi connectivity index (χ4n) is 4.18. The fraction of sp³-hybridized carbons (Fsp3) is 0.179. The van der Waals surface area contributed by atoms with Gasteiger partial charge in [0.05, 0.1) is 11.2 Å². The number of carboxylic acids is 1. The molecule has 0 aliphatic heterocycles. The highest BCUT2D eigenvalue weighted by molar-refractivity contribution is 14.1. The topological polar surface area (TPSA) is 109 Å². The van der Waals surface area contributed by atoms with E-state index in [1.165, 1.54) is 12.1 Å². The first-order valence-corrected chi connectivity index (χ1v) is 12.4. The van der Waals surface area contributed by atoms with Crippen LogP contribution in [0.2, 0.25) is 0 Å². The van der Waals surface area contributed by atoms with Gasteiger partial charge in [0, 0.05) is 47.0 Å². The molecule has 0 saturated heterocycles. The second-order valence-electron chi connectivity index (χ2n) is 8.74. The molecular formula is C28H25IN2O5.